The fourth-order valence-corrected chi connectivity index (χ4v) is 2.94. The summed E-state index contributed by atoms with van der Waals surface area (Å²) >= 11 is 0. The highest BCUT2D eigenvalue weighted by molar-refractivity contribution is 5.84. The van der Waals surface area contributed by atoms with Gasteiger partial charge in [-0.3, -0.25) is 4.79 Å². The molecular formula is C17H21N5O3. The van der Waals surface area contributed by atoms with Crippen molar-refractivity contribution >= 4 is 11.9 Å². The number of carbonyl (C=O) groups is 2. The number of aromatic nitrogens is 4. The van der Waals surface area contributed by atoms with E-state index in [0.29, 0.717) is 25.4 Å². The Kier molecular flexibility index (Phi) is 5.37. The van der Waals surface area contributed by atoms with E-state index in [1.54, 1.807) is 11.8 Å². The van der Waals surface area contributed by atoms with Crippen LogP contribution in [0.3, 0.4) is 0 Å². The van der Waals surface area contributed by atoms with Crippen LogP contribution >= 0.6 is 0 Å². The lowest BCUT2D eigenvalue weighted by atomic mass is 10.0. The van der Waals surface area contributed by atoms with Crippen molar-refractivity contribution in [3.63, 3.8) is 0 Å². The van der Waals surface area contributed by atoms with Gasteiger partial charge in [-0.1, -0.05) is 30.3 Å². The summed E-state index contributed by atoms with van der Waals surface area (Å²) in [5.74, 6) is -0.0733. The molecule has 2 heterocycles. The molecule has 1 saturated heterocycles. The number of nitrogens with zero attached hydrogens (tertiary/aromatic N) is 5. The van der Waals surface area contributed by atoms with Gasteiger partial charge in [0.2, 0.25) is 11.7 Å². The molecule has 8 nitrogen and oxygen atoms in total. The summed E-state index contributed by atoms with van der Waals surface area (Å²) < 4.78 is 5.09. The Labute approximate surface area is 145 Å². The minimum absolute atomic E-state index is 0.0459. The van der Waals surface area contributed by atoms with Gasteiger partial charge in [-0.05, 0) is 31.4 Å². The van der Waals surface area contributed by atoms with Crippen molar-refractivity contribution in [2.24, 2.45) is 0 Å². The molecule has 1 amide bonds. The summed E-state index contributed by atoms with van der Waals surface area (Å²) in [4.78, 5) is 27.6. The lowest BCUT2D eigenvalue weighted by Crippen LogP contribution is -2.49. The fourth-order valence-electron chi connectivity index (χ4n) is 2.94. The maximum absolute atomic E-state index is 12.6. The van der Waals surface area contributed by atoms with Crippen LogP contribution in [0.4, 0.5) is 0 Å². The van der Waals surface area contributed by atoms with Gasteiger partial charge in [-0.2, -0.15) is 4.80 Å². The van der Waals surface area contributed by atoms with Gasteiger partial charge in [-0.15, -0.1) is 10.2 Å². The number of likely N-dealkylation sites (tertiary alicyclic amines) is 1. The molecule has 0 saturated carbocycles. The molecule has 3 rings (SSSR count). The summed E-state index contributed by atoms with van der Waals surface area (Å²) in [5, 5.41) is 12.2. The van der Waals surface area contributed by atoms with Gasteiger partial charge in [-0.25, -0.2) is 4.79 Å². The van der Waals surface area contributed by atoms with Crippen molar-refractivity contribution in [3.05, 3.63) is 30.3 Å². The maximum Gasteiger partial charge on any atom is 0.328 e. The van der Waals surface area contributed by atoms with Crippen molar-refractivity contribution in [3.8, 4) is 11.4 Å². The van der Waals surface area contributed by atoms with Crippen LogP contribution < -0.4 is 0 Å². The van der Waals surface area contributed by atoms with E-state index in [1.807, 2.05) is 30.3 Å². The van der Waals surface area contributed by atoms with Crippen LogP contribution in [0.15, 0.2) is 30.3 Å². The van der Waals surface area contributed by atoms with Crippen LogP contribution in [0.25, 0.3) is 11.4 Å². The van der Waals surface area contributed by atoms with Crippen LogP contribution in [0.5, 0.6) is 0 Å². The molecule has 8 heteroatoms. The molecule has 0 radical (unpaired) electrons. The van der Waals surface area contributed by atoms with E-state index in [9.17, 15) is 9.59 Å². The van der Waals surface area contributed by atoms with Crippen molar-refractivity contribution in [2.75, 3.05) is 13.2 Å². The molecule has 2 aromatic rings. The number of ether oxygens (including phenoxy) is 1. The predicted octanol–water partition coefficient (Wildman–Crippen LogP) is 1.28. The molecule has 1 aliphatic rings. The highest BCUT2D eigenvalue weighted by Crippen LogP contribution is 2.19. The molecule has 1 aliphatic heterocycles. The van der Waals surface area contributed by atoms with E-state index in [4.69, 9.17) is 4.74 Å². The Morgan fingerprint density at radius 2 is 2.04 bits per heavy atom. The van der Waals surface area contributed by atoms with Crippen molar-refractivity contribution in [1.29, 1.82) is 0 Å². The van der Waals surface area contributed by atoms with Gasteiger partial charge in [0, 0.05) is 12.1 Å². The van der Waals surface area contributed by atoms with Gasteiger partial charge in [0.1, 0.15) is 12.6 Å². The van der Waals surface area contributed by atoms with E-state index in [-0.39, 0.29) is 18.4 Å². The number of benzene rings is 1. The van der Waals surface area contributed by atoms with E-state index in [2.05, 4.69) is 15.4 Å². The fraction of sp³-hybridized carbons (Fsp3) is 0.471. The van der Waals surface area contributed by atoms with Gasteiger partial charge >= 0.3 is 5.97 Å². The first kappa shape index (κ1) is 17.1. The van der Waals surface area contributed by atoms with Crippen LogP contribution in [0, 0.1) is 0 Å². The summed E-state index contributed by atoms with van der Waals surface area (Å²) in [7, 11) is 0. The Hall–Kier alpha value is -2.77. The number of carbonyl (C=O) groups excluding carboxylic acids is 2. The van der Waals surface area contributed by atoms with Gasteiger partial charge < -0.3 is 9.64 Å². The largest absolute Gasteiger partial charge is 0.464 e. The zero-order valence-electron chi connectivity index (χ0n) is 14.2. The normalized spacial score (nSPS) is 17.3. The Balaban J connectivity index is 1.68. The molecule has 0 N–H and O–H groups in total. The van der Waals surface area contributed by atoms with Crippen molar-refractivity contribution < 1.29 is 14.3 Å². The predicted molar refractivity (Wildman–Crippen MR) is 89.2 cm³/mol. The number of esters is 1. The summed E-state index contributed by atoms with van der Waals surface area (Å²) in [6.45, 7) is 2.57. The lowest BCUT2D eigenvalue weighted by Gasteiger charge is -2.33. The van der Waals surface area contributed by atoms with Crippen LogP contribution in [0.1, 0.15) is 26.2 Å². The first-order valence-electron chi connectivity index (χ1n) is 8.48. The van der Waals surface area contributed by atoms with Crippen LogP contribution in [-0.4, -0.2) is 56.2 Å². The number of amides is 1. The monoisotopic (exact) mass is 343 g/mol. The maximum atomic E-state index is 12.6. The highest BCUT2D eigenvalue weighted by atomic mass is 16.5. The topological polar surface area (TPSA) is 90.2 Å². The third-order valence-electron chi connectivity index (χ3n) is 4.14. The van der Waals surface area contributed by atoms with E-state index < -0.39 is 6.04 Å². The summed E-state index contributed by atoms with van der Waals surface area (Å²) in [5.41, 5.74) is 0.837. The lowest BCUT2D eigenvalue weighted by molar-refractivity contribution is -0.157. The van der Waals surface area contributed by atoms with Crippen LogP contribution in [0.2, 0.25) is 0 Å². The zero-order valence-corrected chi connectivity index (χ0v) is 14.2. The number of tetrazole rings is 1. The second kappa shape index (κ2) is 7.87. The van der Waals surface area contributed by atoms with Gasteiger partial charge in [0.15, 0.2) is 0 Å². The first-order chi connectivity index (χ1) is 12.2. The third-order valence-corrected chi connectivity index (χ3v) is 4.14. The van der Waals surface area contributed by atoms with E-state index >= 15 is 0 Å². The molecule has 1 aromatic heterocycles. The molecule has 132 valence electrons. The Morgan fingerprint density at radius 3 is 2.80 bits per heavy atom. The second-order valence-corrected chi connectivity index (χ2v) is 5.86. The molecular weight excluding hydrogens is 322 g/mol. The number of rotatable bonds is 5. The standard InChI is InChI=1S/C17H21N5O3/c1-2-25-17(24)14-10-6-7-11-21(14)15(23)12-22-19-16(18-20-22)13-8-4-3-5-9-13/h3-5,8-9,14H,2,6-7,10-12H2,1H3/t14-/m0/s1. The number of hydrogen-bond acceptors (Lipinski definition) is 6. The highest BCUT2D eigenvalue weighted by Gasteiger charge is 2.33. The molecule has 0 spiro atoms. The zero-order chi connectivity index (χ0) is 17.6. The average molecular weight is 343 g/mol. The molecule has 1 aromatic carbocycles. The molecule has 0 bridgehead atoms. The minimum atomic E-state index is -0.515. The van der Waals surface area contributed by atoms with Crippen molar-refractivity contribution in [2.45, 2.75) is 38.8 Å². The average Bonchev–Trinajstić information content (AvgIpc) is 3.11. The quantitative estimate of drug-likeness (QED) is 0.760. The van der Waals surface area contributed by atoms with Gasteiger partial charge in [0.05, 0.1) is 6.61 Å². The Bertz CT molecular complexity index is 731. The molecule has 1 atom stereocenters. The third kappa shape index (κ3) is 4.01. The molecule has 0 unspecified atom stereocenters. The SMILES string of the molecule is CCOC(=O)[C@@H]1CCCCN1C(=O)Cn1nnc(-c2ccccc2)n1. The van der Waals surface area contributed by atoms with E-state index in [1.165, 1.54) is 4.80 Å². The first-order valence-corrected chi connectivity index (χ1v) is 8.48. The van der Waals surface area contributed by atoms with E-state index in [0.717, 1.165) is 18.4 Å². The Morgan fingerprint density at radius 1 is 1.24 bits per heavy atom. The number of piperidine rings is 1. The smallest absolute Gasteiger partial charge is 0.328 e. The van der Waals surface area contributed by atoms with Crippen molar-refractivity contribution in [1.82, 2.24) is 25.1 Å². The minimum Gasteiger partial charge on any atom is -0.464 e. The van der Waals surface area contributed by atoms with Gasteiger partial charge in [0.25, 0.3) is 0 Å². The summed E-state index contributed by atoms with van der Waals surface area (Å²) in [6.07, 6.45) is 2.42. The molecule has 1 fully saturated rings. The number of hydrogen-bond donors (Lipinski definition) is 0. The second-order valence-electron chi connectivity index (χ2n) is 5.86. The molecule has 25 heavy (non-hydrogen) atoms. The molecule has 0 aliphatic carbocycles. The summed E-state index contributed by atoms with van der Waals surface area (Å²) in [6, 6.07) is 8.93. The van der Waals surface area contributed by atoms with Crippen LogP contribution in [-0.2, 0) is 20.9 Å².